The van der Waals surface area contributed by atoms with Gasteiger partial charge in [0, 0.05) is 54.5 Å². The van der Waals surface area contributed by atoms with Crippen molar-refractivity contribution in [2.45, 2.75) is 6.54 Å². The fourth-order valence-corrected chi connectivity index (χ4v) is 4.80. The van der Waals surface area contributed by atoms with E-state index in [-0.39, 0.29) is 5.56 Å². The molecule has 1 aromatic carbocycles. The predicted molar refractivity (Wildman–Crippen MR) is 120 cm³/mol. The van der Waals surface area contributed by atoms with Gasteiger partial charge in [-0.25, -0.2) is 9.97 Å². The van der Waals surface area contributed by atoms with E-state index in [1.165, 1.54) is 11.3 Å². The fraction of sp³-hybridized carbons (Fsp3) is 0.238. The predicted octanol–water partition coefficient (Wildman–Crippen LogP) is 3.42. The van der Waals surface area contributed by atoms with Gasteiger partial charge in [0.2, 0.25) is 0 Å². The third kappa shape index (κ3) is 3.81. The molecule has 0 bridgehead atoms. The molecule has 1 saturated heterocycles. The SMILES string of the molecule is O=c1[nH]c(CN2CCN(c3cnccn3)CC2)nc2scc(-c3ccc(Cl)cc3)c12. The Hall–Kier alpha value is -2.81. The third-order valence-corrected chi connectivity index (χ3v) is 6.39. The summed E-state index contributed by atoms with van der Waals surface area (Å²) in [6.45, 7) is 4.10. The van der Waals surface area contributed by atoms with E-state index in [1.54, 1.807) is 18.6 Å². The lowest BCUT2D eigenvalue weighted by atomic mass is 10.1. The number of thiophene rings is 1. The molecular weight excluding hydrogens is 420 g/mol. The second-order valence-corrected chi connectivity index (χ2v) is 8.47. The monoisotopic (exact) mass is 438 g/mol. The number of rotatable bonds is 4. The second-order valence-electron chi connectivity index (χ2n) is 7.18. The van der Waals surface area contributed by atoms with Gasteiger partial charge in [0.15, 0.2) is 0 Å². The van der Waals surface area contributed by atoms with Crippen molar-refractivity contribution in [3.63, 3.8) is 0 Å². The maximum Gasteiger partial charge on any atom is 0.260 e. The first-order chi connectivity index (χ1) is 14.7. The van der Waals surface area contributed by atoms with E-state index < -0.39 is 0 Å². The highest BCUT2D eigenvalue weighted by Gasteiger charge is 2.20. The van der Waals surface area contributed by atoms with Gasteiger partial charge in [-0.2, -0.15) is 0 Å². The molecule has 30 heavy (non-hydrogen) atoms. The second kappa shape index (κ2) is 8.14. The number of nitrogens with zero attached hydrogens (tertiary/aromatic N) is 5. The number of hydrogen-bond acceptors (Lipinski definition) is 7. The van der Waals surface area contributed by atoms with Crippen molar-refractivity contribution in [2.75, 3.05) is 31.1 Å². The molecule has 0 aliphatic carbocycles. The van der Waals surface area contributed by atoms with Gasteiger partial charge in [-0.1, -0.05) is 23.7 Å². The molecule has 0 unspecified atom stereocenters. The van der Waals surface area contributed by atoms with Gasteiger partial charge in [0.25, 0.3) is 5.56 Å². The molecule has 1 aliphatic heterocycles. The number of benzene rings is 1. The number of aromatic amines is 1. The van der Waals surface area contributed by atoms with Crippen LogP contribution in [0.15, 0.2) is 53.0 Å². The van der Waals surface area contributed by atoms with Crippen LogP contribution in [0.25, 0.3) is 21.3 Å². The minimum absolute atomic E-state index is 0.0978. The topological polar surface area (TPSA) is 78.0 Å². The molecule has 1 N–H and O–H groups in total. The number of piperazine rings is 1. The summed E-state index contributed by atoms with van der Waals surface area (Å²) in [6, 6.07) is 7.51. The molecule has 1 aliphatic rings. The summed E-state index contributed by atoms with van der Waals surface area (Å²) in [7, 11) is 0. The highest BCUT2D eigenvalue weighted by atomic mass is 35.5. The Bertz CT molecular complexity index is 1220. The van der Waals surface area contributed by atoms with Crippen LogP contribution < -0.4 is 10.5 Å². The molecule has 1 fully saturated rings. The molecule has 152 valence electrons. The number of halogens is 1. The van der Waals surface area contributed by atoms with Crippen LogP contribution in [0.5, 0.6) is 0 Å². The summed E-state index contributed by atoms with van der Waals surface area (Å²) in [4.78, 5) is 34.3. The van der Waals surface area contributed by atoms with Crippen LogP contribution in [0, 0.1) is 0 Å². The molecular formula is C21H19ClN6OS. The number of hydrogen-bond donors (Lipinski definition) is 1. The first-order valence-electron chi connectivity index (χ1n) is 9.67. The minimum atomic E-state index is -0.0978. The van der Waals surface area contributed by atoms with Crippen LogP contribution in [0.4, 0.5) is 5.82 Å². The Morgan fingerprint density at radius 1 is 1.10 bits per heavy atom. The maximum atomic E-state index is 12.8. The first kappa shape index (κ1) is 19.2. The molecule has 0 radical (unpaired) electrons. The van der Waals surface area contributed by atoms with E-state index in [1.807, 2.05) is 29.6 Å². The van der Waals surface area contributed by atoms with Crippen LogP contribution in [-0.4, -0.2) is 51.0 Å². The standard InChI is InChI=1S/C21H19ClN6OS/c22-15-3-1-14(2-4-15)16-13-30-21-19(16)20(29)25-17(26-21)12-27-7-9-28(10-8-27)18-11-23-5-6-24-18/h1-6,11,13H,7-10,12H2,(H,25,26,29). The number of aromatic nitrogens is 4. The number of fused-ring (bicyclic) bond motifs is 1. The van der Waals surface area contributed by atoms with E-state index in [9.17, 15) is 4.79 Å². The molecule has 9 heteroatoms. The first-order valence-corrected chi connectivity index (χ1v) is 10.9. The average Bonchev–Trinajstić information content (AvgIpc) is 3.20. The molecule has 3 aromatic heterocycles. The Morgan fingerprint density at radius 3 is 2.63 bits per heavy atom. The van der Waals surface area contributed by atoms with Gasteiger partial charge < -0.3 is 9.88 Å². The quantitative estimate of drug-likeness (QED) is 0.526. The molecule has 5 rings (SSSR count). The number of anilines is 1. The molecule has 0 saturated carbocycles. The van der Waals surface area contributed by atoms with Gasteiger partial charge in [-0.3, -0.25) is 14.7 Å². The van der Waals surface area contributed by atoms with Crippen molar-refractivity contribution >= 4 is 39.0 Å². The van der Waals surface area contributed by atoms with Gasteiger partial charge in [0.05, 0.1) is 18.1 Å². The van der Waals surface area contributed by atoms with Crippen molar-refractivity contribution in [2.24, 2.45) is 0 Å². The third-order valence-electron chi connectivity index (χ3n) is 5.27. The van der Waals surface area contributed by atoms with Crippen molar-refractivity contribution in [3.05, 3.63) is 69.4 Å². The Kier molecular flexibility index (Phi) is 5.20. The van der Waals surface area contributed by atoms with Crippen molar-refractivity contribution in [1.82, 2.24) is 24.8 Å². The van der Waals surface area contributed by atoms with Gasteiger partial charge in [0.1, 0.15) is 16.5 Å². The molecule has 0 spiro atoms. The number of H-pyrrole nitrogens is 1. The highest BCUT2D eigenvalue weighted by Crippen LogP contribution is 2.31. The smallest absolute Gasteiger partial charge is 0.260 e. The number of nitrogens with one attached hydrogen (secondary N) is 1. The van der Waals surface area contributed by atoms with E-state index in [0.717, 1.165) is 48.0 Å². The lowest BCUT2D eigenvalue weighted by Gasteiger charge is -2.34. The summed E-state index contributed by atoms with van der Waals surface area (Å²) in [6.07, 6.45) is 5.18. The highest BCUT2D eigenvalue weighted by molar-refractivity contribution is 7.17. The Labute approximate surface area is 182 Å². The Balaban J connectivity index is 1.33. The van der Waals surface area contributed by atoms with Crippen LogP contribution in [-0.2, 0) is 6.54 Å². The van der Waals surface area contributed by atoms with Gasteiger partial charge >= 0.3 is 0 Å². The average molecular weight is 439 g/mol. The zero-order chi connectivity index (χ0) is 20.5. The van der Waals surface area contributed by atoms with E-state index in [4.69, 9.17) is 16.6 Å². The molecule has 0 atom stereocenters. The van der Waals surface area contributed by atoms with Crippen LogP contribution in [0.1, 0.15) is 5.82 Å². The van der Waals surface area contributed by atoms with E-state index in [0.29, 0.717) is 22.8 Å². The molecule has 4 heterocycles. The summed E-state index contributed by atoms with van der Waals surface area (Å²) < 4.78 is 0. The van der Waals surface area contributed by atoms with E-state index in [2.05, 4.69) is 24.8 Å². The van der Waals surface area contributed by atoms with Crippen LogP contribution >= 0.6 is 22.9 Å². The normalized spacial score (nSPS) is 15.0. The van der Waals surface area contributed by atoms with Crippen LogP contribution in [0.3, 0.4) is 0 Å². The summed E-state index contributed by atoms with van der Waals surface area (Å²) in [5.74, 6) is 1.60. The molecule has 4 aromatic rings. The van der Waals surface area contributed by atoms with Crippen molar-refractivity contribution in [3.8, 4) is 11.1 Å². The largest absolute Gasteiger partial charge is 0.353 e. The van der Waals surface area contributed by atoms with Crippen molar-refractivity contribution < 1.29 is 0 Å². The minimum Gasteiger partial charge on any atom is -0.353 e. The molecule has 0 amide bonds. The summed E-state index contributed by atoms with van der Waals surface area (Å²) >= 11 is 7.48. The van der Waals surface area contributed by atoms with E-state index >= 15 is 0 Å². The fourth-order valence-electron chi connectivity index (χ4n) is 3.71. The lowest BCUT2D eigenvalue weighted by Crippen LogP contribution is -2.46. The zero-order valence-electron chi connectivity index (χ0n) is 16.1. The van der Waals surface area contributed by atoms with Crippen LogP contribution in [0.2, 0.25) is 5.02 Å². The summed E-state index contributed by atoms with van der Waals surface area (Å²) in [5, 5.41) is 3.30. The summed E-state index contributed by atoms with van der Waals surface area (Å²) in [5.41, 5.74) is 1.76. The van der Waals surface area contributed by atoms with Crippen molar-refractivity contribution in [1.29, 1.82) is 0 Å². The van der Waals surface area contributed by atoms with Gasteiger partial charge in [-0.15, -0.1) is 11.3 Å². The molecule has 7 nitrogen and oxygen atoms in total. The Morgan fingerprint density at radius 2 is 1.90 bits per heavy atom. The lowest BCUT2D eigenvalue weighted by molar-refractivity contribution is 0.243. The zero-order valence-corrected chi connectivity index (χ0v) is 17.7. The maximum absolute atomic E-state index is 12.8. The van der Waals surface area contributed by atoms with Gasteiger partial charge in [-0.05, 0) is 17.7 Å².